The van der Waals surface area contributed by atoms with E-state index in [9.17, 15) is 9.18 Å². The Labute approximate surface area is 149 Å². The summed E-state index contributed by atoms with van der Waals surface area (Å²) in [5, 5.41) is 3.64. The van der Waals surface area contributed by atoms with Crippen molar-refractivity contribution in [3.05, 3.63) is 58.3 Å². The van der Waals surface area contributed by atoms with Gasteiger partial charge in [0.1, 0.15) is 10.7 Å². The number of anilines is 1. The second kappa shape index (κ2) is 6.40. The molecule has 25 heavy (non-hydrogen) atoms. The van der Waals surface area contributed by atoms with Crippen molar-refractivity contribution in [2.75, 3.05) is 5.32 Å². The number of imidazole rings is 1. The normalized spacial score (nSPS) is 11.6. The SMILES string of the molecule is Cc1nc(C(C)(C)C)sc1C(=O)Nc1ccc(-n2ccnc2)c(F)c1. The van der Waals surface area contributed by atoms with Crippen LogP contribution in [0.1, 0.15) is 41.1 Å². The van der Waals surface area contributed by atoms with E-state index in [0.29, 0.717) is 21.9 Å². The van der Waals surface area contributed by atoms with Gasteiger partial charge in [0.15, 0.2) is 0 Å². The molecule has 0 atom stereocenters. The molecule has 0 aliphatic rings. The van der Waals surface area contributed by atoms with Crippen molar-refractivity contribution >= 4 is 22.9 Å². The lowest BCUT2D eigenvalue weighted by Gasteiger charge is -2.13. The van der Waals surface area contributed by atoms with Crippen LogP contribution >= 0.6 is 11.3 Å². The summed E-state index contributed by atoms with van der Waals surface area (Å²) in [5.74, 6) is -0.715. The van der Waals surface area contributed by atoms with Crippen molar-refractivity contribution in [2.24, 2.45) is 0 Å². The van der Waals surface area contributed by atoms with Crippen LogP contribution in [0.15, 0.2) is 36.9 Å². The van der Waals surface area contributed by atoms with Gasteiger partial charge in [-0.1, -0.05) is 20.8 Å². The van der Waals surface area contributed by atoms with E-state index in [4.69, 9.17) is 0 Å². The summed E-state index contributed by atoms with van der Waals surface area (Å²) >= 11 is 1.37. The number of aryl methyl sites for hydroxylation is 1. The molecule has 0 radical (unpaired) electrons. The van der Waals surface area contributed by atoms with Crippen molar-refractivity contribution in [3.8, 4) is 5.69 Å². The molecule has 0 saturated carbocycles. The summed E-state index contributed by atoms with van der Waals surface area (Å²) in [7, 11) is 0. The maximum atomic E-state index is 14.3. The Bertz CT molecular complexity index is 910. The summed E-state index contributed by atoms with van der Waals surface area (Å²) in [6.07, 6.45) is 4.76. The fraction of sp³-hybridized carbons (Fsp3) is 0.278. The van der Waals surface area contributed by atoms with Crippen LogP contribution < -0.4 is 5.32 Å². The highest BCUT2D eigenvalue weighted by Gasteiger charge is 2.23. The molecule has 7 heteroatoms. The third-order valence-corrected chi connectivity index (χ3v) is 5.21. The molecule has 0 saturated heterocycles. The van der Waals surface area contributed by atoms with Gasteiger partial charge in [0, 0.05) is 23.5 Å². The summed E-state index contributed by atoms with van der Waals surface area (Å²) in [5.41, 5.74) is 1.34. The minimum absolute atomic E-state index is 0.119. The van der Waals surface area contributed by atoms with E-state index < -0.39 is 5.82 Å². The first-order chi connectivity index (χ1) is 11.8. The summed E-state index contributed by atoms with van der Waals surface area (Å²) in [6.45, 7) is 7.97. The molecule has 0 aliphatic carbocycles. The molecular formula is C18H19FN4OS. The average molecular weight is 358 g/mol. The molecule has 2 heterocycles. The number of hydrogen-bond acceptors (Lipinski definition) is 4. The second-order valence-corrected chi connectivity index (χ2v) is 7.77. The number of thiazole rings is 1. The second-order valence-electron chi connectivity index (χ2n) is 6.77. The van der Waals surface area contributed by atoms with Crippen LogP contribution in [0.25, 0.3) is 5.69 Å². The first-order valence-corrected chi connectivity index (χ1v) is 8.64. The van der Waals surface area contributed by atoms with Crippen molar-refractivity contribution in [1.29, 1.82) is 0 Å². The molecule has 0 fully saturated rings. The Morgan fingerprint density at radius 2 is 2.08 bits per heavy atom. The minimum Gasteiger partial charge on any atom is -0.321 e. The van der Waals surface area contributed by atoms with Crippen LogP contribution in [-0.4, -0.2) is 20.4 Å². The Hall–Kier alpha value is -2.54. The lowest BCUT2D eigenvalue weighted by atomic mass is 9.98. The smallest absolute Gasteiger partial charge is 0.267 e. The Balaban J connectivity index is 1.82. The van der Waals surface area contributed by atoms with Crippen molar-refractivity contribution in [1.82, 2.24) is 14.5 Å². The number of benzene rings is 1. The summed E-state index contributed by atoms with van der Waals surface area (Å²) in [6, 6.07) is 4.57. The van der Waals surface area contributed by atoms with Gasteiger partial charge in [0.05, 0.1) is 22.7 Å². The van der Waals surface area contributed by atoms with Gasteiger partial charge in [-0.15, -0.1) is 11.3 Å². The fourth-order valence-electron chi connectivity index (χ4n) is 2.31. The van der Waals surface area contributed by atoms with Gasteiger partial charge < -0.3 is 9.88 Å². The number of nitrogens with one attached hydrogen (secondary N) is 1. The highest BCUT2D eigenvalue weighted by atomic mass is 32.1. The van der Waals surface area contributed by atoms with Crippen molar-refractivity contribution < 1.29 is 9.18 Å². The van der Waals surface area contributed by atoms with E-state index in [1.165, 1.54) is 23.7 Å². The molecule has 0 unspecified atom stereocenters. The number of carbonyl (C=O) groups excluding carboxylic acids is 1. The standard InChI is InChI=1S/C18H19FN4OS/c1-11-15(25-17(21-11)18(2,3)4)16(24)22-12-5-6-14(13(19)9-12)23-8-7-20-10-23/h5-10H,1-4H3,(H,22,24). The van der Waals surface area contributed by atoms with Crippen LogP contribution in [0.2, 0.25) is 0 Å². The zero-order valence-electron chi connectivity index (χ0n) is 14.5. The van der Waals surface area contributed by atoms with Crippen molar-refractivity contribution in [2.45, 2.75) is 33.1 Å². The van der Waals surface area contributed by atoms with Gasteiger partial charge in [0.25, 0.3) is 5.91 Å². The van der Waals surface area contributed by atoms with Gasteiger partial charge in [-0.3, -0.25) is 4.79 Å². The van der Waals surface area contributed by atoms with Crippen LogP contribution in [0.4, 0.5) is 10.1 Å². The number of nitrogens with zero attached hydrogens (tertiary/aromatic N) is 3. The maximum Gasteiger partial charge on any atom is 0.267 e. The highest BCUT2D eigenvalue weighted by Crippen LogP contribution is 2.30. The van der Waals surface area contributed by atoms with Gasteiger partial charge in [-0.2, -0.15) is 0 Å². The van der Waals surface area contributed by atoms with E-state index in [1.807, 2.05) is 6.92 Å². The molecule has 130 valence electrons. The molecule has 0 bridgehead atoms. The molecule has 3 rings (SSSR count). The predicted octanol–water partition coefficient (Wildman–Crippen LogP) is 4.33. The predicted molar refractivity (Wildman–Crippen MR) is 97.0 cm³/mol. The van der Waals surface area contributed by atoms with Crippen LogP contribution in [0.3, 0.4) is 0 Å². The fourth-order valence-corrected chi connectivity index (χ4v) is 3.33. The number of carbonyl (C=O) groups is 1. The number of amides is 1. The first kappa shape index (κ1) is 17.3. The highest BCUT2D eigenvalue weighted by molar-refractivity contribution is 7.14. The van der Waals surface area contributed by atoms with Gasteiger partial charge in [-0.25, -0.2) is 14.4 Å². The quantitative estimate of drug-likeness (QED) is 0.758. The van der Waals surface area contributed by atoms with Crippen LogP contribution in [0, 0.1) is 12.7 Å². The molecular weight excluding hydrogens is 339 g/mol. The van der Waals surface area contributed by atoms with E-state index in [0.717, 1.165) is 5.01 Å². The van der Waals surface area contributed by atoms with Crippen molar-refractivity contribution in [3.63, 3.8) is 0 Å². The van der Waals surface area contributed by atoms with Gasteiger partial charge >= 0.3 is 0 Å². The minimum atomic E-state index is -0.438. The van der Waals surface area contributed by atoms with E-state index >= 15 is 0 Å². The molecule has 0 aliphatic heterocycles. The van der Waals surface area contributed by atoms with E-state index in [1.54, 1.807) is 29.1 Å². The maximum absolute atomic E-state index is 14.3. The monoisotopic (exact) mass is 358 g/mol. The van der Waals surface area contributed by atoms with E-state index in [-0.39, 0.29) is 11.3 Å². The summed E-state index contributed by atoms with van der Waals surface area (Å²) in [4.78, 5) is 21.5. The number of aromatic nitrogens is 3. The van der Waals surface area contributed by atoms with Gasteiger partial charge in [0.2, 0.25) is 0 Å². The molecule has 2 aromatic heterocycles. The number of halogens is 1. The third-order valence-electron chi connectivity index (χ3n) is 3.63. The lowest BCUT2D eigenvalue weighted by Crippen LogP contribution is -2.12. The Kier molecular flexibility index (Phi) is 4.43. The number of hydrogen-bond donors (Lipinski definition) is 1. The molecule has 1 aromatic carbocycles. The largest absolute Gasteiger partial charge is 0.321 e. The Morgan fingerprint density at radius 3 is 2.64 bits per heavy atom. The first-order valence-electron chi connectivity index (χ1n) is 7.83. The molecule has 5 nitrogen and oxygen atoms in total. The average Bonchev–Trinajstić information content (AvgIpc) is 3.16. The lowest BCUT2D eigenvalue weighted by molar-refractivity contribution is 0.103. The third kappa shape index (κ3) is 3.61. The van der Waals surface area contributed by atoms with Crippen LogP contribution in [-0.2, 0) is 5.41 Å². The zero-order chi connectivity index (χ0) is 18.2. The van der Waals surface area contributed by atoms with E-state index in [2.05, 4.69) is 36.1 Å². The zero-order valence-corrected chi connectivity index (χ0v) is 15.3. The molecule has 1 N–H and O–H groups in total. The topological polar surface area (TPSA) is 59.8 Å². The molecule has 0 spiro atoms. The molecule has 3 aromatic rings. The number of rotatable bonds is 3. The van der Waals surface area contributed by atoms with Gasteiger partial charge in [-0.05, 0) is 25.1 Å². The summed E-state index contributed by atoms with van der Waals surface area (Å²) < 4.78 is 15.9. The van der Waals surface area contributed by atoms with Crippen LogP contribution in [0.5, 0.6) is 0 Å². The Morgan fingerprint density at radius 1 is 1.32 bits per heavy atom. The molecule has 1 amide bonds.